The standard InChI is InChI=1S/C16H25N3O2S/c1-12-10-19(11-13(2)21-12)8-4-6-18-16(20)14-5-7-17-15(9-14)22-3/h5,7,9,12-13H,4,6,8,10-11H2,1-3H3,(H,18,20). The molecule has 1 fully saturated rings. The van der Waals surface area contributed by atoms with Gasteiger partial charge in [0.05, 0.1) is 17.2 Å². The molecular weight excluding hydrogens is 298 g/mol. The van der Waals surface area contributed by atoms with E-state index >= 15 is 0 Å². The van der Waals surface area contributed by atoms with Gasteiger partial charge in [0.1, 0.15) is 0 Å². The van der Waals surface area contributed by atoms with Crippen LogP contribution in [0.5, 0.6) is 0 Å². The zero-order chi connectivity index (χ0) is 15.9. The molecule has 1 aromatic heterocycles. The number of thioether (sulfide) groups is 1. The predicted molar refractivity (Wildman–Crippen MR) is 89.4 cm³/mol. The third kappa shape index (κ3) is 5.26. The molecule has 2 rings (SSSR count). The molecule has 0 saturated carbocycles. The predicted octanol–water partition coefficient (Wildman–Crippen LogP) is 2.03. The van der Waals surface area contributed by atoms with Crippen LogP contribution in [0.25, 0.3) is 0 Å². The number of nitrogens with zero attached hydrogens (tertiary/aromatic N) is 2. The smallest absolute Gasteiger partial charge is 0.251 e. The summed E-state index contributed by atoms with van der Waals surface area (Å²) >= 11 is 1.54. The van der Waals surface area contributed by atoms with E-state index in [0.717, 1.165) is 31.1 Å². The number of morpholine rings is 1. The molecule has 0 radical (unpaired) electrons. The van der Waals surface area contributed by atoms with Crippen LogP contribution in [0, 0.1) is 0 Å². The number of ether oxygens (including phenoxy) is 1. The second-order valence-electron chi connectivity index (χ2n) is 5.71. The molecule has 22 heavy (non-hydrogen) atoms. The molecular formula is C16H25N3O2S. The molecule has 2 heterocycles. The molecule has 2 atom stereocenters. The summed E-state index contributed by atoms with van der Waals surface area (Å²) in [6.45, 7) is 7.84. The third-order valence-corrected chi connectivity index (χ3v) is 4.28. The summed E-state index contributed by atoms with van der Waals surface area (Å²) in [5.41, 5.74) is 0.674. The number of pyridine rings is 1. The Labute approximate surface area is 136 Å². The van der Waals surface area contributed by atoms with Crippen LogP contribution < -0.4 is 5.32 Å². The molecule has 5 nitrogen and oxygen atoms in total. The molecule has 1 aromatic rings. The molecule has 0 bridgehead atoms. The van der Waals surface area contributed by atoms with E-state index in [1.54, 1.807) is 12.3 Å². The van der Waals surface area contributed by atoms with Gasteiger partial charge in [-0.3, -0.25) is 9.69 Å². The Kier molecular flexibility index (Phi) is 6.67. The Bertz CT molecular complexity index is 488. The minimum Gasteiger partial charge on any atom is -0.373 e. The van der Waals surface area contributed by atoms with Crippen molar-refractivity contribution in [2.75, 3.05) is 32.4 Å². The van der Waals surface area contributed by atoms with Crippen LogP contribution >= 0.6 is 11.8 Å². The maximum absolute atomic E-state index is 12.1. The quantitative estimate of drug-likeness (QED) is 0.641. The van der Waals surface area contributed by atoms with Gasteiger partial charge in [0.25, 0.3) is 5.91 Å². The Hall–Kier alpha value is -1.11. The van der Waals surface area contributed by atoms with E-state index in [2.05, 4.69) is 29.0 Å². The molecule has 1 aliphatic rings. The zero-order valence-electron chi connectivity index (χ0n) is 13.5. The van der Waals surface area contributed by atoms with Crippen molar-refractivity contribution in [1.29, 1.82) is 0 Å². The van der Waals surface area contributed by atoms with E-state index in [9.17, 15) is 4.79 Å². The summed E-state index contributed by atoms with van der Waals surface area (Å²) in [6, 6.07) is 3.58. The number of aromatic nitrogens is 1. The molecule has 2 unspecified atom stereocenters. The van der Waals surface area contributed by atoms with Crippen molar-refractivity contribution < 1.29 is 9.53 Å². The Morgan fingerprint density at radius 1 is 1.45 bits per heavy atom. The summed E-state index contributed by atoms with van der Waals surface area (Å²) in [6.07, 6.45) is 5.16. The summed E-state index contributed by atoms with van der Waals surface area (Å²) in [4.78, 5) is 18.7. The molecule has 1 amide bonds. The summed E-state index contributed by atoms with van der Waals surface area (Å²) in [5, 5.41) is 3.84. The molecule has 0 aromatic carbocycles. The number of carbonyl (C=O) groups is 1. The van der Waals surface area contributed by atoms with E-state index in [-0.39, 0.29) is 5.91 Å². The topological polar surface area (TPSA) is 54.5 Å². The average molecular weight is 323 g/mol. The van der Waals surface area contributed by atoms with Crippen LogP contribution in [0.4, 0.5) is 0 Å². The first-order valence-electron chi connectivity index (χ1n) is 7.74. The van der Waals surface area contributed by atoms with Gasteiger partial charge in [0.15, 0.2) is 0 Å². The van der Waals surface area contributed by atoms with Crippen molar-refractivity contribution in [2.24, 2.45) is 0 Å². The van der Waals surface area contributed by atoms with Crippen molar-refractivity contribution in [1.82, 2.24) is 15.2 Å². The van der Waals surface area contributed by atoms with Gasteiger partial charge in [-0.15, -0.1) is 11.8 Å². The zero-order valence-corrected chi connectivity index (χ0v) is 14.4. The van der Waals surface area contributed by atoms with E-state index < -0.39 is 0 Å². The minimum atomic E-state index is -0.0265. The summed E-state index contributed by atoms with van der Waals surface area (Å²) in [5.74, 6) is -0.0265. The lowest BCUT2D eigenvalue weighted by molar-refractivity contribution is -0.0679. The Morgan fingerprint density at radius 3 is 2.86 bits per heavy atom. The van der Waals surface area contributed by atoms with Gasteiger partial charge < -0.3 is 10.1 Å². The van der Waals surface area contributed by atoms with Crippen molar-refractivity contribution in [3.05, 3.63) is 23.9 Å². The largest absolute Gasteiger partial charge is 0.373 e. The van der Waals surface area contributed by atoms with Crippen molar-refractivity contribution >= 4 is 17.7 Å². The van der Waals surface area contributed by atoms with Gasteiger partial charge in [-0.05, 0) is 38.7 Å². The number of amides is 1. The highest BCUT2D eigenvalue weighted by Gasteiger charge is 2.21. The highest BCUT2D eigenvalue weighted by Crippen LogP contribution is 2.12. The Morgan fingerprint density at radius 2 is 2.18 bits per heavy atom. The van der Waals surface area contributed by atoms with Crippen LogP contribution in [0.1, 0.15) is 30.6 Å². The van der Waals surface area contributed by atoms with Crippen LogP contribution in [-0.4, -0.2) is 60.4 Å². The second kappa shape index (κ2) is 8.50. The number of nitrogens with one attached hydrogen (secondary N) is 1. The van der Waals surface area contributed by atoms with Crippen LogP contribution in [0.2, 0.25) is 0 Å². The second-order valence-corrected chi connectivity index (χ2v) is 6.54. The lowest BCUT2D eigenvalue weighted by Crippen LogP contribution is -2.46. The van der Waals surface area contributed by atoms with Crippen molar-refractivity contribution in [2.45, 2.75) is 37.5 Å². The fourth-order valence-electron chi connectivity index (χ4n) is 2.74. The van der Waals surface area contributed by atoms with Gasteiger partial charge in [-0.25, -0.2) is 4.98 Å². The minimum absolute atomic E-state index is 0.0265. The Balaban J connectivity index is 1.70. The number of hydrogen-bond donors (Lipinski definition) is 1. The normalized spacial score (nSPS) is 22.5. The summed E-state index contributed by atoms with van der Waals surface area (Å²) < 4.78 is 5.72. The first kappa shape index (κ1) is 17.2. The first-order valence-corrected chi connectivity index (χ1v) is 8.97. The first-order chi connectivity index (χ1) is 10.6. The lowest BCUT2D eigenvalue weighted by Gasteiger charge is -2.35. The van der Waals surface area contributed by atoms with Gasteiger partial charge in [-0.2, -0.15) is 0 Å². The van der Waals surface area contributed by atoms with Crippen molar-refractivity contribution in [3.8, 4) is 0 Å². The maximum Gasteiger partial charge on any atom is 0.251 e. The van der Waals surface area contributed by atoms with Crippen LogP contribution in [0.15, 0.2) is 23.4 Å². The van der Waals surface area contributed by atoms with Crippen LogP contribution in [0.3, 0.4) is 0 Å². The number of carbonyl (C=O) groups excluding carboxylic acids is 1. The fraction of sp³-hybridized carbons (Fsp3) is 0.625. The highest BCUT2D eigenvalue weighted by atomic mass is 32.2. The lowest BCUT2D eigenvalue weighted by atomic mass is 10.2. The number of rotatable bonds is 6. The van der Waals surface area contributed by atoms with E-state index in [4.69, 9.17) is 4.74 Å². The number of hydrogen-bond acceptors (Lipinski definition) is 5. The fourth-order valence-corrected chi connectivity index (χ4v) is 3.15. The van der Waals surface area contributed by atoms with Gasteiger partial charge in [0, 0.05) is 37.9 Å². The van der Waals surface area contributed by atoms with Gasteiger partial charge >= 0.3 is 0 Å². The maximum atomic E-state index is 12.1. The molecule has 0 aliphatic carbocycles. The molecule has 0 spiro atoms. The van der Waals surface area contributed by atoms with E-state index in [1.807, 2.05) is 12.3 Å². The molecule has 1 aliphatic heterocycles. The van der Waals surface area contributed by atoms with Gasteiger partial charge in [0.2, 0.25) is 0 Å². The van der Waals surface area contributed by atoms with Crippen LogP contribution in [-0.2, 0) is 4.74 Å². The monoisotopic (exact) mass is 323 g/mol. The van der Waals surface area contributed by atoms with E-state index in [1.165, 1.54) is 11.8 Å². The third-order valence-electron chi connectivity index (χ3n) is 3.64. The van der Waals surface area contributed by atoms with Crippen molar-refractivity contribution in [3.63, 3.8) is 0 Å². The molecule has 6 heteroatoms. The molecule has 122 valence electrons. The summed E-state index contributed by atoms with van der Waals surface area (Å²) in [7, 11) is 0. The SMILES string of the molecule is CSc1cc(C(=O)NCCCN2CC(C)OC(C)C2)ccn1. The average Bonchev–Trinajstić information content (AvgIpc) is 2.50. The van der Waals surface area contributed by atoms with E-state index in [0.29, 0.717) is 24.3 Å². The van der Waals surface area contributed by atoms with Gasteiger partial charge in [-0.1, -0.05) is 0 Å². The molecule has 1 saturated heterocycles. The highest BCUT2D eigenvalue weighted by molar-refractivity contribution is 7.98. The molecule has 1 N–H and O–H groups in total.